The lowest BCUT2D eigenvalue weighted by molar-refractivity contribution is 0.194. The first-order valence-corrected chi connectivity index (χ1v) is 8.64. The van der Waals surface area contributed by atoms with Gasteiger partial charge in [-0.3, -0.25) is 0 Å². The lowest BCUT2D eigenvalue weighted by atomic mass is 10.2. The summed E-state index contributed by atoms with van der Waals surface area (Å²) in [5.41, 5.74) is 1.17. The van der Waals surface area contributed by atoms with Crippen molar-refractivity contribution in [2.45, 2.75) is 13.0 Å². The summed E-state index contributed by atoms with van der Waals surface area (Å²) in [6.45, 7) is 4.70. The minimum atomic E-state index is 0.0278. The van der Waals surface area contributed by atoms with Gasteiger partial charge in [0, 0.05) is 57.3 Å². The number of benzene rings is 1. The predicted octanol–water partition coefficient (Wildman–Crippen LogP) is 1.81. The van der Waals surface area contributed by atoms with Crippen LogP contribution in [0.5, 0.6) is 5.75 Å². The Hall–Kier alpha value is -2.70. The summed E-state index contributed by atoms with van der Waals surface area (Å²) in [5.74, 6) is 0.859. The van der Waals surface area contributed by atoms with Gasteiger partial charge in [-0.15, -0.1) is 0 Å². The molecule has 0 radical (unpaired) electrons. The first-order chi connectivity index (χ1) is 12.3. The molecular formula is C18H25N5O2. The average Bonchev–Trinajstić information content (AvgIpc) is 3.19. The number of nitrogens with one attached hydrogen (secondary N) is 1. The third-order valence-corrected chi connectivity index (χ3v) is 4.43. The fourth-order valence-electron chi connectivity index (χ4n) is 2.95. The van der Waals surface area contributed by atoms with Gasteiger partial charge in [0.15, 0.2) is 0 Å². The van der Waals surface area contributed by atoms with Gasteiger partial charge in [-0.1, -0.05) is 0 Å². The Morgan fingerprint density at radius 1 is 1.20 bits per heavy atom. The first kappa shape index (κ1) is 17.1. The monoisotopic (exact) mass is 343 g/mol. The highest BCUT2D eigenvalue weighted by molar-refractivity contribution is 5.74. The lowest BCUT2D eigenvalue weighted by Crippen LogP contribution is -2.52. The normalized spacial score (nSPS) is 14.4. The van der Waals surface area contributed by atoms with E-state index >= 15 is 0 Å². The van der Waals surface area contributed by atoms with Gasteiger partial charge in [0.25, 0.3) is 0 Å². The molecule has 1 aromatic carbocycles. The highest BCUT2D eigenvalue weighted by atomic mass is 16.5. The zero-order valence-corrected chi connectivity index (χ0v) is 14.6. The van der Waals surface area contributed by atoms with Crippen LogP contribution in [0.25, 0.3) is 0 Å². The third kappa shape index (κ3) is 4.65. The third-order valence-electron chi connectivity index (χ3n) is 4.43. The smallest absolute Gasteiger partial charge is 0.317 e. The lowest BCUT2D eigenvalue weighted by Gasteiger charge is -2.36. The van der Waals surface area contributed by atoms with Crippen LogP contribution >= 0.6 is 0 Å². The molecule has 1 aliphatic rings. The maximum atomic E-state index is 12.2. The molecule has 1 aliphatic heterocycles. The minimum absolute atomic E-state index is 0.0278. The predicted molar refractivity (Wildman–Crippen MR) is 97.0 cm³/mol. The van der Waals surface area contributed by atoms with Crippen molar-refractivity contribution in [3.63, 3.8) is 0 Å². The second-order valence-corrected chi connectivity index (χ2v) is 6.06. The van der Waals surface area contributed by atoms with Gasteiger partial charge >= 0.3 is 6.03 Å². The van der Waals surface area contributed by atoms with E-state index in [1.165, 1.54) is 5.69 Å². The van der Waals surface area contributed by atoms with Gasteiger partial charge in [0.1, 0.15) is 5.75 Å². The molecule has 1 N–H and O–H groups in total. The van der Waals surface area contributed by atoms with Gasteiger partial charge in [0.05, 0.1) is 13.4 Å². The average molecular weight is 343 g/mol. The van der Waals surface area contributed by atoms with E-state index in [1.807, 2.05) is 27.8 Å². The van der Waals surface area contributed by atoms with Crippen molar-refractivity contribution in [2.24, 2.45) is 0 Å². The molecule has 0 bridgehead atoms. The molecule has 25 heavy (non-hydrogen) atoms. The number of rotatable bonds is 6. The first-order valence-electron chi connectivity index (χ1n) is 8.64. The summed E-state index contributed by atoms with van der Waals surface area (Å²) in [6, 6.07) is 8.08. The molecule has 1 fully saturated rings. The van der Waals surface area contributed by atoms with Crippen molar-refractivity contribution in [3.05, 3.63) is 43.0 Å². The van der Waals surface area contributed by atoms with Crippen LogP contribution in [-0.4, -0.2) is 60.3 Å². The van der Waals surface area contributed by atoms with E-state index in [2.05, 4.69) is 27.3 Å². The number of ether oxygens (including phenoxy) is 1. The Labute approximate surface area is 148 Å². The zero-order valence-electron chi connectivity index (χ0n) is 14.6. The Kier molecular flexibility index (Phi) is 5.77. The van der Waals surface area contributed by atoms with E-state index in [0.29, 0.717) is 6.54 Å². The van der Waals surface area contributed by atoms with Crippen molar-refractivity contribution < 1.29 is 9.53 Å². The Morgan fingerprint density at radius 3 is 2.60 bits per heavy atom. The standard InChI is InChI=1S/C18H25N5O2/c1-25-17-5-3-16(4-6-17)22-11-13-23(14-12-22)18(24)20-7-2-9-21-10-8-19-15-21/h3-6,8,10,15H,2,7,9,11-14H2,1H3,(H,20,24). The Bertz CT molecular complexity index is 649. The summed E-state index contributed by atoms with van der Waals surface area (Å²) in [5, 5.41) is 3.00. The number of piperazine rings is 1. The minimum Gasteiger partial charge on any atom is -0.497 e. The molecular weight excluding hydrogens is 318 g/mol. The van der Waals surface area contributed by atoms with Gasteiger partial charge in [-0.25, -0.2) is 9.78 Å². The highest BCUT2D eigenvalue weighted by Crippen LogP contribution is 2.20. The molecule has 134 valence electrons. The molecule has 0 aliphatic carbocycles. The van der Waals surface area contributed by atoms with E-state index in [4.69, 9.17) is 4.74 Å². The highest BCUT2D eigenvalue weighted by Gasteiger charge is 2.20. The number of aromatic nitrogens is 2. The van der Waals surface area contributed by atoms with Crippen molar-refractivity contribution >= 4 is 11.7 Å². The molecule has 7 nitrogen and oxygen atoms in total. The fraction of sp³-hybridized carbons (Fsp3) is 0.444. The van der Waals surface area contributed by atoms with Crippen LogP contribution in [0.2, 0.25) is 0 Å². The Balaban J connectivity index is 1.38. The van der Waals surface area contributed by atoms with Crippen molar-refractivity contribution in [1.82, 2.24) is 19.8 Å². The number of carbonyl (C=O) groups is 1. The number of hydrogen-bond donors (Lipinski definition) is 1. The summed E-state index contributed by atoms with van der Waals surface area (Å²) >= 11 is 0. The van der Waals surface area contributed by atoms with Gasteiger partial charge in [0.2, 0.25) is 0 Å². The van der Waals surface area contributed by atoms with Crippen LogP contribution in [0.4, 0.5) is 10.5 Å². The van der Waals surface area contributed by atoms with E-state index < -0.39 is 0 Å². The summed E-state index contributed by atoms with van der Waals surface area (Å²) in [6.07, 6.45) is 6.38. The number of methoxy groups -OCH3 is 1. The molecule has 1 saturated heterocycles. The van der Waals surface area contributed by atoms with Crippen molar-refractivity contribution in [1.29, 1.82) is 0 Å². The molecule has 0 saturated carbocycles. The second kappa shape index (κ2) is 8.41. The van der Waals surface area contributed by atoms with E-state index in [9.17, 15) is 4.79 Å². The molecule has 2 amide bonds. The summed E-state index contributed by atoms with van der Waals surface area (Å²) < 4.78 is 7.20. The Morgan fingerprint density at radius 2 is 1.96 bits per heavy atom. The number of imidazole rings is 1. The molecule has 0 unspecified atom stereocenters. The summed E-state index contributed by atoms with van der Waals surface area (Å²) in [7, 11) is 1.67. The number of hydrogen-bond acceptors (Lipinski definition) is 4. The van der Waals surface area contributed by atoms with Gasteiger partial charge in [-0.2, -0.15) is 0 Å². The molecule has 2 heterocycles. The fourth-order valence-corrected chi connectivity index (χ4v) is 2.95. The largest absolute Gasteiger partial charge is 0.497 e. The number of nitrogens with zero attached hydrogens (tertiary/aromatic N) is 4. The number of aryl methyl sites for hydroxylation is 1. The topological polar surface area (TPSA) is 62.6 Å². The number of amides is 2. The van der Waals surface area contributed by atoms with Crippen LogP contribution in [0.1, 0.15) is 6.42 Å². The number of carbonyl (C=O) groups excluding carboxylic acids is 1. The van der Waals surface area contributed by atoms with Crippen LogP contribution in [0.3, 0.4) is 0 Å². The van der Waals surface area contributed by atoms with E-state index in [0.717, 1.165) is 44.9 Å². The van der Waals surface area contributed by atoms with Crippen molar-refractivity contribution in [2.75, 3.05) is 44.7 Å². The van der Waals surface area contributed by atoms with Crippen LogP contribution in [0, 0.1) is 0 Å². The maximum Gasteiger partial charge on any atom is 0.317 e. The number of urea groups is 1. The quantitative estimate of drug-likeness (QED) is 0.813. The zero-order chi connectivity index (χ0) is 17.5. The summed E-state index contributed by atoms with van der Waals surface area (Å²) in [4.78, 5) is 20.4. The van der Waals surface area contributed by atoms with Crippen molar-refractivity contribution in [3.8, 4) is 5.75 Å². The SMILES string of the molecule is COc1ccc(N2CCN(C(=O)NCCCn3ccnc3)CC2)cc1. The molecule has 2 aromatic rings. The van der Waals surface area contributed by atoms with Gasteiger partial charge in [-0.05, 0) is 30.7 Å². The van der Waals surface area contributed by atoms with Gasteiger partial charge < -0.3 is 24.4 Å². The van der Waals surface area contributed by atoms with E-state index in [1.54, 1.807) is 19.6 Å². The molecule has 1 aromatic heterocycles. The second-order valence-electron chi connectivity index (χ2n) is 6.06. The molecule has 7 heteroatoms. The van der Waals surface area contributed by atoms with E-state index in [-0.39, 0.29) is 6.03 Å². The van der Waals surface area contributed by atoms with Crippen LogP contribution in [-0.2, 0) is 6.54 Å². The molecule has 3 rings (SSSR count). The molecule has 0 atom stereocenters. The number of anilines is 1. The maximum absolute atomic E-state index is 12.2. The molecule has 0 spiro atoms. The van der Waals surface area contributed by atoms with Crippen LogP contribution in [0.15, 0.2) is 43.0 Å². The van der Waals surface area contributed by atoms with Crippen LogP contribution < -0.4 is 15.0 Å².